The molecule has 1 saturated heterocycles. The minimum absolute atomic E-state index is 0.0392. The van der Waals surface area contributed by atoms with Gasteiger partial charge >= 0.3 is 0 Å². The number of hydrogen-bond donors (Lipinski definition) is 0. The SMILES string of the molecule is Cc1cccc(C(=O)N2CCS(=O)(=O)C(C)(C)C2)c1. The number of rotatable bonds is 1. The van der Waals surface area contributed by atoms with Gasteiger partial charge in [-0.05, 0) is 32.9 Å². The smallest absolute Gasteiger partial charge is 0.253 e. The molecule has 1 aliphatic rings. The quantitative estimate of drug-likeness (QED) is 0.786. The molecule has 1 aromatic rings. The fourth-order valence-electron chi connectivity index (χ4n) is 2.28. The van der Waals surface area contributed by atoms with Crippen molar-refractivity contribution < 1.29 is 13.2 Å². The van der Waals surface area contributed by atoms with Crippen molar-refractivity contribution in [3.8, 4) is 0 Å². The van der Waals surface area contributed by atoms with E-state index in [2.05, 4.69) is 0 Å². The van der Waals surface area contributed by atoms with E-state index in [4.69, 9.17) is 0 Å². The summed E-state index contributed by atoms with van der Waals surface area (Å²) in [5, 5.41) is 0. The molecule has 2 rings (SSSR count). The maximum Gasteiger partial charge on any atom is 0.253 e. The number of hydrogen-bond acceptors (Lipinski definition) is 3. The molecule has 1 amide bonds. The Kier molecular flexibility index (Phi) is 3.43. The molecule has 0 saturated carbocycles. The van der Waals surface area contributed by atoms with Gasteiger partial charge in [-0.15, -0.1) is 0 Å². The number of nitrogens with zero attached hydrogens (tertiary/aromatic N) is 1. The van der Waals surface area contributed by atoms with Crippen molar-refractivity contribution in [3.05, 3.63) is 35.4 Å². The Morgan fingerprint density at radius 3 is 2.58 bits per heavy atom. The van der Waals surface area contributed by atoms with E-state index in [0.717, 1.165) is 5.56 Å². The fourth-order valence-corrected chi connectivity index (χ4v) is 3.64. The first-order chi connectivity index (χ1) is 8.73. The van der Waals surface area contributed by atoms with Gasteiger partial charge in [0.2, 0.25) is 0 Å². The zero-order valence-electron chi connectivity index (χ0n) is 11.5. The molecule has 4 nitrogen and oxygen atoms in total. The van der Waals surface area contributed by atoms with Crippen LogP contribution in [0.5, 0.6) is 0 Å². The van der Waals surface area contributed by atoms with Crippen molar-refractivity contribution in [2.75, 3.05) is 18.8 Å². The van der Waals surface area contributed by atoms with Crippen LogP contribution in [0.25, 0.3) is 0 Å². The Morgan fingerprint density at radius 2 is 2.00 bits per heavy atom. The van der Waals surface area contributed by atoms with E-state index in [9.17, 15) is 13.2 Å². The Bertz CT molecular complexity index is 605. The van der Waals surface area contributed by atoms with Crippen LogP contribution in [0.2, 0.25) is 0 Å². The molecule has 5 heteroatoms. The molecule has 0 spiro atoms. The van der Waals surface area contributed by atoms with Gasteiger partial charge in [0.1, 0.15) is 0 Å². The molecule has 1 aliphatic heterocycles. The molecule has 1 aromatic carbocycles. The zero-order valence-corrected chi connectivity index (χ0v) is 12.3. The van der Waals surface area contributed by atoms with Crippen molar-refractivity contribution in [1.29, 1.82) is 0 Å². The number of amides is 1. The molecule has 0 aromatic heterocycles. The average Bonchev–Trinajstić information content (AvgIpc) is 2.32. The number of sulfone groups is 1. The van der Waals surface area contributed by atoms with Crippen LogP contribution in [0.15, 0.2) is 24.3 Å². The van der Waals surface area contributed by atoms with Gasteiger partial charge in [-0.2, -0.15) is 0 Å². The first-order valence-corrected chi connectivity index (χ1v) is 7.96. The van der Waals surface area contributed by atoms with Gasteiger partial charge in [-0.3, -0.25) is 4.79 Å². The Morgan fingerprint density at radius 1 is 1.32 bits per heavy atom. The Hall–Kier alpha value is -1.36. The summed E-state index contributed by atoms with van der Waals surface area (Å²) in [6, 6.07) is 7.37. The van der Waals surface area contributed by atoms with Crippen LogP contribution in [0, 0.1) is 6.92 Å². The van der Waals surface area contributed by atoms with Crippen molar-refractivity contribution in [1.82, 2.24) is 4.90 Å². The summed E-state index contributed by atoms with van der Waals surface area (Å²) in [7, 11) is -3.11. The monoisotopic (exact) mass is 281 g/mol. The zero-order chi connectivity index (χ0) is 14.3. The van der Waals surface area contributed by atoms with E-state index >= 15 is 0 Å². The van der Waals surface area contributed by atoms with E-state index in [1.807, 2.05) is 25.1 Å². The highest BCUT2D eigenvalue weighted by Crippen LogP contribution is 2.24. The summed E-state index contributed by atoms with van der Waals surface area (Å²) in [6.45, 7) is 5.82. The van der Waals surface area contributed by atoms with Gasteiger partial charge in [0.25, 0.3) is 5.91 Å². The van der Waals surface area contributed by atoms with E-state index < -0.39 is 14.6 Å². The lowest BCUT2D eigenvalue weighted by molar-refractivity contribution is 0.0743. The number of carbonyl (C=O) groups excluding carboxylic acids is 1. The van der Waals surface area contributed by atoms with E-state index in [1.54, 1.807) is 24.8 Å². The van der Waals surface area contributed by atoms with Crippen LogP contribution < -0.4 is 0 Å². The minimum Gasteiger partial charge on any atom is -0.336 e. The highest BCUT2D eigenvalue weighted by atomic mass is 32.2. The lowest BCUT2D eigenvalue weighted by atomic mass is 10.1. The van der Waals surface area contributed by atoms with Crippen molar-refractivity contribution in [2.45, 2.75) is 25.5 Å². The average molecular weight is 281 g/mol. The predicted molar refractivity (Wildman–Crippen MR) is 74.9 cm³/mol. The highest BCUT2D eigenvalue weighted by molar-refractivity contribution is 7.92. The second-order valence-electron chi connectivity index (χ2n) is 5.67. The van der Waals surface area contributed by atoms with Gasteiger partial charge in [-0.25, -0.2) is 8.42 Å². The minimum atomic E-state index is -3.11. The van der Waals surface area contributed by atoms with Crippen LogP contribution in [0.3, 0.4) is 0 Å². The molecule has 104 valence electrons. The number of benzene rings is 1. The molecule has 1 fully saturated rings. The van der Waals surface area contributed by atoms with E-state index in [1.165, 1.54) is 0 Å². The van der Waals surface area contributed by atoms with Crippen molar-refractivity contribution >= 4 is 15.7 Å². The van der Waals surface area contributed by atoms with Crippen LogP contribution in [-0.2, 0) is 9.84 Å². The molecular formula is C14H19NO3S. The standard InChI is InChI=1S/C14H19NO3S/c1-11-5-4-6-12(9-11)13(16)15-7-8-19(17,18)14(2,3)10-15/h4-6,9H,7-8,10H2,1-3H3. The first-order valence-electron chi connectivity index (χ1n) is 6.31. The molecule has 0 radical (unpaired) electrons. The van der Waals surface area contributed by atoms with Crippen LogP contribution in [-0.4, -0.2) is 42.8 Å². The number of aryl methyl sites for hydroxylation is 1. The normalized spacial score (nSPS) is 21.1. The van der Waals surface area contributed by atoms with Crippen LogP contribution in [0.4, 0.5) is 0 Å². The largest absolute Gasteiger partial charge is 0.336 e. The molecule has 0 unspecified atom stereocenters. The summed E-state index contributed by atoms with van der Waals surface area (Å²) in [5.74, 6) is -0.0518. The third-order valence-corrected chi connectivity index (χ3v) is 6.13. The molecule has 0 aliphatic carbocycles. The second kappa shape index (κ2) is 4.63. The lowest BCUT2D eigenvalue weighted by Gasteiger charge is -2.37. The highest BCUT2D eigenvalue weighted by Gasteiger charge is 2.41. The molecule has 0 N–H and O–H groups in total. The lowest BCUT2D eigenvalue weighted by Crippen LogP contribution is -2.54. The summed E-state index contributed by atoms with van der Waals surface area (Å²) in [5.41, 5.74) is 1.64. The second-order valence-corrected chi connectivity index (χ2v) is 8.42. The van der Waals surface area contributed by atoms with Gasteiger partial charge in [0.05, 0.1) is 10.5 Å². The van der Waals surface area contributed by atoms with Crippen molar-refractivity contribution in [2.24, 2.45) is 0 Å². The molecular weight excluding hydrogens is 262 g/mol. The molecule has 19 heavy (non-hydrogen) atoms. The van der Waals surface area contributed by atoms with Gasteiger partial charge in [0.15, 0.2) is 9.84 Å². The Labute approximate surface area is 114 Å². The van der Waals surface area contributed by atoms with Gasteiger partial charge < -0.3 is 4.90 Å². The van der Waals surface area contributed by atoms with Gasteiger partial charge in [-0.1, -0.05) is 17.7 Å². The third kappa shape index (κ3) is 2.66. The van der Waals surface area contributed by atoms with Gasteiger partial charge in [0, 0.05) is 18.7 Å². The van der Waals surface area contributed by atoms with E-state index in [-0.39, 0.29) is 24.7 Å². The summed E-state index contributed by atoms with van der Waals surface area (Å²) in [4.78, 5) is 14.0. The molecule has 0 bridgehead atoms. The van der Waals surface area contributed by atoms with Crippen LogP contribution in [0.1, 0.15) is 29.8 Å². The van der Waals surface area contributed by atoms with Crippen LogP contribution >= 0.6 is 0 Å². The van der Waals surface area contributed by atoms with Crippen molar-refractivity contribution in [3.63, 3.8) is 0 Å². The van der Waals surface area contributed by atoms with E-state index in [0.29, 0.717) is 5.56 Å². The first kappa shape index (κ1) is 14.1. The Balaban J connectivity index is 2.23. The fraction of sp³-hybridized carbons (Fsp3) is 0.500. The topological polar surface area (TPSA) is 54.5 Å². The summed E-state index contributed by atoms with van der Waals surface area (Å²) < 4.78 is 23.0. The summed E-state index contributed by atoms with van der Waals surface area (Å²) >= 11 is 0. The maximum absolute atomic E-state index is 12.4. The third-order valence-electron chi connectivity index (χ3n) is 3.60. The molecule has 1 heterocycles. The molecule has 0 atom stereocenters. The predicted octanol–water partition coefficient (Wildman–Crippen LogP) is 1.64. The summed E-state index contributed by atoms with van der Waals surface area (Å²) in [6.07, 6.45) is 0. The number of carbonyl (C=O) groups is 1. The maximum atomic E-state index is 12.4.